The molecule has 0 saturated carbocycles. The lowest BCUT2D eigenvalue weighted by Gasteiger charge is -2.10. The van der Waals surface area contributed by atoms with Gasteiger partial charge in [0.1, 0.15) is 0 Å². The highest BCUT2D eigenvalue weighted by molar-refractivity contribution is 7.14. The average Bonchev–Trinajstić information content (AvgIpc) is 2.99. The van der Waals surface area contributed by atoms with E-state index in [0.717, 1.165) is 16.9 Å². The van der Waals surface area contributed by atoms with Crippen molar-refractivity contribution in [3.8, 4) is 11.5 Å². The van der Waals surface area contributed by atoms with E-state index in [1.165, 1.54) is 25.6 Å². The molecule has 0 spiro atoms. The molecular weight excluding hydrogens is 328 g/mol. The summed E-state index contributed by atoms with van der Waals surface area (Å²) >= 11 is 1.41. The Kier molecular flexibility index (Phi) is 5.81. The molecule has 0 radical (unpaired) electrons. The molecule has 0 bridgehead atoms. The molecule has 0 aliphatic carbocycles. The smallest absolute Gasteiger partial charge is 0.279 e. The number of aryl methyl sites for hydroxylation is 2. The van der Waals surface area contributed by atoms with Gasteiger partial charge >= 0.3 is 0 Å². The molecule has 1 aromatic heterocycles. The van der Waals surface area contributed by atoms with E-state index in [1.807, 2.05) is 19.9 Å². The molecule has 0 aliphatic heterocycles. The summed E-state index contributed by atoms with van der Waals surface area (Å²) in [5.74, 6) is 0.196. The van der Waals surface area contributed by atoms with Crippen LogP contribution in [0.25, 0.3) is 0 Å². The van der Waals surface area contributed by atoms with Gasteiger partial charge in [0.05, 0.1) is 19.1 Å². The van der Waals surface area contributed by atoms with E-state index >= 15 is 0 Å². The summed E-state index contributed by atoms with van der Waals surface area (Å²) in [7, 11) is 3.01. The molecule has 2 aromatic rings. The van der Waals surface area contributed by atoms with Crippen molar-refractivity contribution < 1.29 is 19.1 Å². The van der Waals surface area contributed by atoms with Crippen LogP contribution in [-0.2, 0) is 6.42 Å². The summed E-state index contributed by atoms with van der Waals surface area (Å²) in [6, 6.07) is 6.61. The fraction of sp³-hybridized carbons (Fsp3) is 0.294. The number of amides is 2. The number of carbonyl (C=O) groups is 2. The zero-order valence-corrected chi connectivity index (χ0v) is 14.9. The number of methoxy groups -OCH3 is 2. The maximum absolute atomic E-state index is 12.2. The van der Waals surface area contributed by atoms with Crippen molar-refractivity contribution in [2.75, 3.05) is 14.2 Å². The maximum atomic E-state index is 12.2. The lowest BCUT2D eigenvalue weighted by atomic mass is 10.2. The molecule has 0 atom stereocenters. The first-order valence-corrected chi connectivity index (χ1v) is 8.23. The highest BCUT2D eigenvalue weighted by Crippen LogP contribution is 2.27. The summed E-state index contributed by atoms with van der Waals surface area (Å²) in [6.45, 7) is 4.01. The summed E-state index contributed by atoms with van der Waals surface area (Å²) in [6.07, 6.45) is 0.869. The Labute approximate surface area is 144 Å². The average molecular weight is 348 g/mol. The van der Waals surface area contributed by atoms with Gasteiger partial charge in [0.25, 0.3) is 11.8 Å². The lowest BCUT2D eigenvalue weighted by Crippen LogP contribution is -2.41. The Morgan fingerprint density at radius 1 is 1.04 bits per heavy atom. The van der Waals surface area contributed by atoms with Crippen molar-refractivity contribution in [3.63, 3.8) is 0 Å². The van der Waals surface area contributed by atoms with E-state index < -0.39 is 5.91 Å². The van der Waals surface area contributed by atoms with Gasteiger partial charge in [-0.1, -0.05) is 6.92 Å². The number of hydrogen-bond acceptors (Lipinski definition) is 5. The van der Waals surface area contributed by atoms with Gasteiger partial charge in [-0.25, -0.2) is 0 Å². The molecule has 2 amide bonds. The number of rotatable bonds is 5. The molecule has 7 heteroatoms. The third-order valence-electron chi connectivity index (χ3n) is 3.56. The zero-order valence-electron chi connectivity index (χ0n) is 14.1. The highest BCUT2D eigenvalue weighted by Gasteiger charge is 2.14. The van der Waals surface area contributed by atoms with Crippen LogP contribution in [0.3, 0.4) is 0 Å². The number of ether oxygens (including phenoxy) is 2. The van der Waals surface area contributed by atoms with Gasteiger partial charge in [0.2, 0.25) is 0 Å². The Hall–Kier alpha value is -2.54. The maximum Gasteiger partial charge on any atom is 0.279 e. The van der Waals surface area contributed by atoms with Crippen LogP contribution in [0, 0.1) is 6.92 Å². The predicted molar refractivity (Wildman–Crippen MR) is 92.9 cm³/mol. The van der Waals surface area contributed by atoms with Crippen LogP contribution in [0.5, 0.6) is 11.5 Å². The number of nitrogens with one attached hydrogen (secondary N) is 2. The minimum atomic E-state index is -0.437. The number of hydrazine groups is 1. The fourth-order valence-electron chi connectivity index (χ4n) is 2.21. The van der Waals surface area contributed by atoms with Gasteiger partial charge in [0, 0.05) is 10.4 Å². The lowest BCUT2D eigenvalue weighted by molar-refractivity contribution is 0.0848. The fourth-order valence-corrected chi connectivity index (χ4v) is 3.22. The van der Waals surface area contributed by atoms with E-state index in [2.05, 4.69) is 10.9 Å². The standard InChI is InChI=1S/C17H20N2O4S/c1-5-11-9-15(24-10(11)2)17(21)19-18-16(20)12-6-7-13(22-3)14(8-12)23-4/h6-9H,5H2,1-4H3,(H,18,20)(H,19,21). The molecule has 2 N–H and O–H groups in total. The molecule has 1 aromatic carbocycles. The first kappa shape index (κ1) is 17.8. The Balaban J connectivity index is 2.03. The molecule has 0 unspecified atom stereocenters. The molecule has 128 valence electrons. The minimum Gasteiger partial charge on any atom is -0.493 e. The third kappa shape index (κ3) is 3.86. The SMILES string of the molecule is CCc1cc(C(=O)NNC(=O)c2ccc(OC)c(OC)c2)sc1C. The van der Waals surface area contributed by atoms with E-state index in [-0.39, 0.29) is 5.91 Å². The number of hydrogen-bond donors (Lipinski definition) is 2. The molecule has 6 nitrogen and oxygen atoms in total. The van der Waals surface area contributed by atoms with E-state index in [9.17, 15) is 9.59 Å². The summed E-state index contributed by atoms with van der Waals surface area (Å²) < 4.78 is 10.3. The van der Waals surface area contributed by atoms with E-state index in [1.54, 1.807) is 18.2 Å². The Morgan fingerprint density at radius 3 is 2.29 bits per heavy atom. The van der Waals surface area contributed by atoms with E-state index in [4.69, 9.17) is 9.47 Å². The molecule has 24 heavy (non-hydrogen) atoms. The van der Waals surface area contributed by atoms with E-state index in [0.29, 0.717) is 21.9 Å². The topological polar surface area (TPSA) is 76.7 Å². The molecule has 0 saturated heterocycles. The second-order valence-corrected chi connectivity index (χ2v) is 6.28. The third-order valence-corrected chi connectivity index (χ3v) is 4.65. The van der Waals surface area contributed by atoms with Crippen molar-refractivity contribution in [1.29, 1.82) is 0 Å². The van der Waals surface area contributed by atoms with Crippen LogP contribution in [0.2, 0.25) is 0 Å². The normalized spacial score (nSPS) is 10.2. The monoisotopic (exact) mass is 348 g/mol. The number of carbonyl (C=O) groups excluding carboxylic acids is 2. The van der Waals surface area contributed by atoms with Crippen molar-refractivity contribution in [2.24, 2.45) is 0 Å². The summed E-state index contributed by atoms with van der Waals surface area (Å²) in [4.78, 5) is 26.0. The predicted octanol–water partition coefficient (Wildman–Crippen LogP) is 2.71. The first-order chi connectivity index (χ1) is 11.5. The van der Waals surface area contributed by atoms with Crippen LogP contribution in [0.15, 0.2) is 24.3 Å². The van der Waals surface area contributed by atoms with Crippen LogP contribution in [-0.4, -0.2) is 26.0 Å². The van der Waals surface area contributed by atoms with Gasteiger partial charge in [0.15, 0.2) is 11.5 Å². The van der Waals surface area contributed by atoms with Crippen molar-refractivity contribution >= 4 is 23.2 Å². The molecule has 2 rings (SSSR count). The molecule has 0 aliphatic rings. The number of thiophene rings is 1. The zero-order chi connectivity index (χ0) is 17.7. The second kappa shape index (κ2) is 7.83. The quantitative estimate of drug-likeness (QED) is 0.815. The van der Waals surface area contributed by atoms with Gasteiger partial charge < -0.3 is 9.47 Å². The second-order valence-electron chi connectivity index (χ2n) is 5.02. The Bertz CT molecular complexity index is 755. The first-order valence-electron chi connectivity index (χ1n) is 7.42. The van der Waals surface area contributed by atoms with Gasteiger partial charge in [-0.2, -0.15) is 0 Å². The van der Waals surface area contributed by atoms with Crippen molar-refractivity contribution in [2.45, 2.75) is 20.3 Å². The van der Waals surface area contributed by atoms with Crippen LogP contribution >= 0.6 is 11.3 Å². The van der Waals surface area contributed by atoms with Gasteiger partial charge in [-0.3, -0.25) is 20.4 Å². The Morgan fingerprint density at radius 2 is 1.71 bits per heavy atom. The number of benzene rings is 1. The van der Waals surface area contributed by atoms with Gasteiger partial charge in [-0.15, -0.1) is 11.3 Å². The molecule has 0 fully saturated rings. The highest BCUT2D eigenvalue weighted by atomic mass is 32.1. The van der Waals surface area contributed by atoms with Gasteiger partial charge in [-0.05, 0) is 43.2 Å². The molecule has 1 heterocycles. The summed E-state index contributed by atoms with van der Waals surface area (Å²) in [5.41, 5.74) is 6.32. The van der Waals surface area contributed by atoms with Crippen LogP contribution in [0.1, 0.15) is 37.4 Å². The van der Waals surface area contributed by atoms with Crippen LogP contribution in [0.4, 0.5) is 0 Å². The largest absolute Gasteiger partial charge is 0.493 e. The molecular formula is C17H20N2O4S. The summed E-state index contributed by atoms with van der Waals surface area (Å²) in [5, 5.41) is 0. The van der Waals surface area contributed by atoms with Crippen LogP contribution < -0.4 is 20.3 Å². The van der Waals surface area contributed by atoms with Crippen molar-refractivity contribution in [1.82, 2.24) is 10.9 Å². The van der Waals surface area contributed by atoms with Crippen molar-refractivity contribution in [3.05, 3.63) is 45.1 Å². The minimum absolute atomic E-state index is 0.336.